The second kappa shape index (κ2) is 3.24. The lowest BCUT2D eigenvalue weighted by atomic mass is 9.81. The van der Waals surface area contributed by atoms with Crippen molar-refractivity contribution >= 4 is 23.2 Å². The van der Waals surface area contributed by atoms with Crippen LogP contribution in [0.3, 0.4) is 0 Å². The van der Waals surface area contributed by atoms with E-state index in [1.807, 2.05) is 32.0 Å². The number of halogens is 1. The van der Waals surface area contributed by atoms with Crippen molar-refractivity contribution in [2.24, 2.45) is 0 Å². The molecule has 3 heteroatoms. The number of amides is 1. The number of para-hydroxylation sites is 1. The van der Waals surface area contributed by atoms with E-state index in [1.165, 1.54) is 0 Å². The number of hydrogen-bond acceptors (Lipinski definition) is 1. The van der Waals surface area contributed by atoms with E-state index in [4.69, 9.17) is 11.6 Å². The monoisotopic (exact) mass is 223 g/mol. The van der Waals surface area contributed by atoms with Crippen LogP contribution in [-0.4, -0.2) is 13.0 Å². The molecule has 0 fully saturated rings. The molecule has 1 aromatic carbocycles. The highest BCUT2D eigenvalue weighted by Crippen LogP contribution is 2.46. The third-order valence-electron chi connectivity index (χ3n) is 3.40. The molecule has 0 N–H and O–H groups in total. The predicted molar refractivity (Wildman–Crippen MR) is 62.5 cm³/mol. The summed E-state index contributed by atoms with van der Waals surface area (Å²) in [5.41, 5.74) is 1.51. The van der Waals surface area contributed by atoms with E-state index in [0.29, 0.717) is 5.02 Å². The van der Waals surface area contributed by atoms with Crippen LogP contribution in [0.1, 0.15) is 25.8 Å². The van der Waals surface area contributed by atoms with Gasteiger partial charge >= 0.3 is 0 Å². The summed E-state index contributed by atoms with van der Waals surface area (Å²) >= 11 is 6.12. The van der Waals surface area contributed by atoms with Gasteiger partial charge in [0.05, 0.1) is 16.1 Å². The Hall–Kier alpha value is -1.02. The highest BCUT2D eigenvalue weighted by Gasteiger charge is 2.45. The van der Waals surface area contributed by atoms with Crippen LogP contribution < -0.4 is 4.90 Å². The summed E-state index contributed by atoms with van der Waals surface area (Å²) in [6.07, 6.45) is 0.795. The summed E-state index contributed by atoms with van der Waals surface area (Å²) in [6, 6.07) is 5.72. The second-order valence-corrected chi connectivity index (χ2v) is 4.59. The molecule has 0 unspecified atom stereocenters. The highest BCUT2D eigenvalue weighted by atomic mass is 35.5. The van der Waals surface area contributed by atoms with Gasteiger partial charge in [-0.1, -0.05) is 30.7 Å². The molecular formula is C12H14ClNO. The number of fused-ring (bicyclic) bond motifs is 1. The quantitative estimate of drug-likeness (QED) is 0.717. The first-order chi connectivity index (χ1) is 7.02. The molecule has 1 heterocycles. The zero-order valence-corrected chi connectivity index (χ0v) is 9.93. The number of carbonyl (C=O) groups is 1. The largest absolute Gasteiger partial charge is 0.313 e. The molecule has 80 valence electrons. The average molecular weight is 224 g/mol. The van der Waals surface area contributed by atoms with Gasteiger partial charge in [-0.05, 0) is 25.0 Å². The van der Waals surface area contributed by atoms with Crippen LogP contribution in [0.15, 0.2) is 18.2 Å². The lowest BCUT2D eigenvalue weighted by Crippen LogP contribution is -2.35. The van der Waals surface area contributed by atoms with Crippen molar-refractivity contribution < 1.29 is 4.79 Å². The van der Waals surface area contributed by atoms with Crippen LogP contribution in [-0.2, 0) is 10.2 Å². The number of nitrogens with zero attached hydrogens (tertiary/aromatic N) is 1. The Morgan fingerprint density at radius 1 is 1.47 bits per heavy atom. The average Bonchev–Trinajstić information content (AvgIpc) is 2.43. The van der Waals surface area contributed by atoms with Crippen molar-refractivity contribution in [1.82, 2.24) is 0 Å². The van der Waals surface area contributed by atoms with Crippen molar-refractivity contribution in [3.05, 3.63) is 28.8 Å². The molecule has 0 aromatic heterocycles. The topological polar surface area (TPSA) is 20.3 Å². The Bertz CT molecular complexity index is 430. The normalized spacial score (nSPS) is 24.5. The van der Waals surface area contributed by atoms with E-state index in [2.05, 4.69) is 0 Å². The minimum Gasteiger partial charge on any atom is -0.313 e. The fourth-order valence-corrected chi connectivity index (χ4v) is 2.53. The van der Waals surface area contributed by atoms with Gasteiger partial charge in [0, 0.05) is 7.05 Å². The lowest BCUT2D eigenvalue weighted by molar-refractivity contribution is -0.122. The molecule has 2 nitrogen and oxygen atoms in total. The molecule has 0 aliphatic carbocycles. The molecule has 0 bridgehead atoms. The minimum atomic E-state index is -0.408. The van der Waals surface area contributed by atoms with Gasteiger partial charge in [-0.3, -0.25) is 4.79 Å². The number of carbonyl (C=O) groups excluding carboxylic acids is 1. The summed E-state index contributed by atoms with van der Waals surface area (Å²) in [5, 5.41) is 0.653. The van der Waals surface area contributed by atoms with Crippen LogP contribution >= 0.6 is 11.6 Å². The molecular weight excluding hydrogens is 210 g/mol. The number of hydrogen-bond donors (Lipinski definition) is 0. The molecule has 1 atom stereocenters. The summed E-state index contributed by atoms with van der Waals surface area (Å²) in [6.45, 7) is 4.01. The molecule has 15 heavy (non-hydrogen) atoms. The maximum atomic E-state index is 12.1. The van der Waals surface area contributed by atoms with E-state index in [1.54, 1.807) is 11.9 Å². The summed E-state index contributed by atoms with van der Waals surface area (Å²) in [5.74, 6) is 0.133. The molecule has 0 spiro atoms. The summed E-state index contributed by atoms with van der Waals surface area (Å²) in [7, 11) is 1.79. The van der Waals surface area contributed by atoms with Gasteiger partial charge in [0.1, 0.15) is 0 Å². The van der Waals surface area contributed by atoms with Gasteiger partial charge in [-0.15, -0.1) is 0 Å². The van der Waals surface area contributed by atoms with Gasteiger partial charge < -0.3 is 4.90 Å². The zero-order valence-electron chi connectivity index (χ0n) is 9.17. The Balaban J connectivity index is 2.71. The Morgan fingerprint density at radius 2 is 2.13 bits per heavy atom. The van der Waals surface area contributed by atoms with Gasteiger partial charge in [0.15, 0.2) is 0 Å². The minimum absolute atomic E-state index is 0.133. The van der Waals surface area contributed by atoms with Crippen LogP contribution in [0.25, 0.3) is 0 Å². The lowest BCUT2D eigenvalue weighted by Gasteiger charge is -2.20. The summed E-state index contributed by atoms with van der Waals surface area (Å²) in [4.78, 5) is 13.8. The smallest absolute Gasteiger partial charge is 0.237 e. The molecule has 2 rings (SSSR count). The number of benzene rings is 1. The molecule has 1 aromatic rings. The SMILES string of the molecule is CC[C@@]1(C)C(=O)N(C)c2c(Cl)cccc21. The molecule has 1 aliphatic heterocycles. The number of likely N-dealkylation sites (N-methyl/N-ethyl adjacent to an activating group) is 1. The van der Waals surface area contributed by atoms with Gasteiger partial charge in [-0.2, -0.15) is 0 Å². The van der Waals surface area contributed by atoms with Crippen LogP contribution in [0.4, 0.5) is 5.69 Å². The van der Waals surface area contributed by atoms with E-state index in [0.717, 1.165) is 17.7 Å². The third kappa shape index (κ3) is 1.21. The van der Waals surface area contributed by atoms with E-state index >= 15 is 0 Å². The van der Waals surface area contributed by atoms with Crippen molar-refractivity contribution in [2.75, 3.05) is 11.9 Å². The Morgan fingerprint density at radius 3 is 2.73 bits per heavy atom. The Kier molecular flexibility index (Phi) is 2.27. The summed E-state index contributed by atoms with van der Waals surface area (Å²) < 4.78 is 0. The first-order valence-electron chi connectivity index (χ1n) is 5.09. The molecule has 0 saturated carbocycles. The van der Waals surface area contributed by atoms with Crippen molar-refractivity contribution in [3.8, 4) is 0 Å². The van der Waals surface area contributed by atoms with Gasteiger partial charge in [0.2, 0.25) is 5.91 Å². The fourth-order valence-electron chi connectivity index (χ4n) is 2.23. The van der Waals surface area contributed by atoms with Gasteiger partial charge in [0.25, 0.3) is 0 Å². The first kappa shape index (κ1) is 10.5. The second-order valence-electron chi connectivity index (χ2n) is 4.19. The molecule has 0 saturated heterocycles. The van der Waals surface area contributed by atoms with Crippen molar-refractivity contribution in [2.45, 2.75) is 25.7 Å². The van der Waals surface area contributed by atoms with E-state index in [-0.39, 0.29) is 5.91 Å². The highest BCUT2D eigenvalue weighted by molar-refractivity contribution is 6.35. The molecule has 0 radical (unpaired) electrons. The van der Waals surface area contributed by atoms with Crippen LogP contribution in [0, 0.1) is 0 Å². The number of anilines is 1. The van der Waals surface area contributed by atoms with E-state index < -0.39 is 5.41 Å². The predicted octanol–water partition coefficient (Wildman–Crippen LogP) is 2.98. The first-order valence-corrected chi connectivity index (χ1v) is 5.47. The van der Waals surface area contributed by atoms with Crippen LogP contribution in [0.5, 0.6) is 0 Å². The fraction of sp³-hybridized carbons (Fsp3) is 0.417. The third-order valence-corrected chi connectivity index (χ3v) is 3.71. The number of rotatable bonds is 1. The molecule has 1 amide bonds. The van der Waals surface area contributed by atoms with Crippen molar-refractivity contribution in [1.29, 1.82) is 0 Å². The van der Waals surface area contributed by atoms with Crippen molar-refractivity contribution in [3.63, 3.8) is 0 Å². The van der Waals surface area contributed by atoms with E-state index in [9.17, 15) is 4.79 Å². The maximum absolute atomic E-state index is 12.1. The zero-order chi connectivity index (χ0) is 11.2. The maximum Gasteiger partial charge on any atom is 0.237 e. The molecule has 1 aliphatic rings. The Labute approximate surface area is 94.8 Å². The van der Waals surface area contributed by atoms with Crippen LogP contribution in [0.2, 0.25) is 5.02 Å². The van der Waals surface area contributed by atoms with Gasteiger partial charge in [-0.25, -0.2) is 0 Å². The standard InChI is InChI=1S/C12H14ClNO/c1-4-12(2)8-6-5-7-9(13)10(8)14(3)11(12)15/h5-7H,4H2,1-3H3/t12-/m1/s1.